The van der Waals surface area contributed by atoms with E-state index in [0.717, 1.165) is 5.56 Å². The Balaban J connectivity index is 1.59. The van der Waals surface area contributed by atoms with E-state index in [1.165, 1.54) is 12.1 Å². The number of carbonyl (C=O) groups excluding carboxylic acids is 1. The van der Waals surface area contributed by atoms with Gasteiger partial charge >= 0.3 is 0 Å². The fourth-order valence-electron chi connectivity index (χ4n) is 3.81. The maximum atomic E-state index is 15.3. The molecule has 0 saturated heterocycles. The molecule has 0 bridgehead atoms. The molecule has 0 aliphatic rings. The molecule has 0 unspecified atom stereocenters. The summed E-state index contributed by atoms with van der Waals surface area (Å²) in [5, 5.41) is 3.43. The van der Waals surface area contributed by atoms with Crippen molar-refractivity contribution in [2.24, 2.45) is 0 Å². The van der Waals surface area contributed by atoms with Crippen LogP contribution in [0.2, 0.25) is 0 Å². The first-order valence-corrected chi connectivity index (χ1v) is 11.0. The number of anilines is 2. The van der Waals surface area contributed by atoms with Crippen molar-refractivity contribution in [1.29, 1.82) is 0 Å². The van der Waals surface area contributed by atoms with Crippen LogP contribution >= 0.6 is 0 Å². The van der Waals surface area contributed by atoms with Crippen LogP contribution in [0.15, 0.2) is 97.8 Å². The first kappa shape index (κ1) is 22.7. The quantitative estimate of drug-likeness (QED) is 0.291. The molecule has 0 aliphatic heterocycles. The van der Waals surface area contributed by atoms with Gasteiger partial charge in [0.25, 0.3) is 0 Å². The molecule has 1 amide bonds. The highest BCUT2D eigenvalue weighted by atomic mass is 19.1. The number of carbonyl (C=O) groups is 1. The highest BCUT2D eigenvalue weighted by Crippen LogP contribution is 2.36. The number of ether oxygens (including phenoxy) is 1. The Bertz CT molecular complexity index is 1610. The van der Waals surface area contributed by atoms with Gasteiger partial charge in [0, 0.05) is 46.7 Å². The summed E-state index contributed by atoms with van der Waals surface area (Å²) >= 11 is 0. The van der Waals surface area contributed by atoms with Crippen LogP contribution in [0.3, 0.4) is 0 Å². The van der Waals surface area contributed by atoms with Crippen molar-refractivity contribution in [2.75, 3.05) is 11.1 Å². The fourth-order valence-corrected chi connectivity index (χ4v) is 3.81. The van der Waals surface area contributed by atoms with E-state index in [1.54, 1.807) is 67.0 Å². The van der Waals surface area contributed by atoms with Crippen LogP contribution in [0.1, 0.15) is 0 Å². The van der Waals surface area contributed by atoms with Gasteiger partial charge in [0.15, 0.2) is 0 Å². The summed E-state index contributed by atoms with van der Waals surface area (Å²) in [6.45, 7) is 3.48. The maximum absolute atomic E-state index is 15.3. The Labute approximate surface area is 206 Å². The lowest BCUT2D eigenvalue weighted by molar-refractivity contribution is -0.111. The lowest BCUT2D eigenvalue weighted by atomic mass is 9.95. The third-order valence-electron chi connectivity index (χ3n) is 5.44. The van der Waals surface area contributed by atoms with E-state index in [-0.39, 0.29) is 11.9 Å². The van der Waals surface area contributed by atoms with Gasteiger partial charge in [-0.25, -0.2) is 19.3 Å². The van der Waals surface area contributed by atoms with Crippen LogP contribution in [-0.4, -0.2) is 20.9 Å². The Morgan fingerprint density at radius 3 is 2.64 bits per heavy atom. The van der Waals surface area contributed by atoms with Gasteiger partial charge in [-0.15, -0.1) is 0 Å². The number of pyridine rings is 1. The van der Waals surface area contributed by atoms with Crippen molar-refractivity contribution in [3.05, 3.63) is 104 Å². The van der Waals surface area contributed by atoms with E-state index >= 15 is 4.39 Å². The van der Waals surface area contributed by atoms with Crippen LogP contribution in [0.4, 0.5) is 16.0 Å². The molecule has 0 radical (unpaired) electrons. The molecule has 0 aliphatic carbocycles. The second-order valence-electron chi connectivity index (χ2n) is 7.88. The lowest BCUT2D eigenvalue weighted by Gasteiger charge is -2.13. The van der Waals surface area contributed by atoms with Crippen LogP contribution in [0.25, 0.3) is 33.2 Å². The van der Waals surface area contributed by atoms with Crippen molar-refractivity contribution in [3.63, 3.8) is 0 Å². The van der Waals surface area contributed by atoms with Gasteiger partial charge < -0.3 is 15.8 Å². The molecule has 2 aromatic heterocycles. The van der Waals surface area contributed by atoms with E-state index in [4.69, 9.17) is 10.5 Å². The average molecular weight is 477 g/mol. The van der Waals surface area contributed by atoms with Crippen LogP contribution < -0.4 is 15.8 Å². The lowest BCUT2D eigenvalue weighted by Crippen LogP contribution is -2.07. The molecule has 8 heteroatoms. The molecule has 176 valence electrons. The zero-order valence-electron chi connectivity index (χ0n) is 19.0. The summed E-state index contributed by atoms with van der Waals surface area (Å²) < 4.78 is 20.9. The third-order valence-corrected chi connectivity index (χ3v) is 5.44. The highest BCUT2D eigenvalue weighted by molar-refractivity contribution is 6.01. The molecule has 0 fully saturated rings. The summed E-state index contributed by atoms with van der Waals surface area (Å²) in [7, 11) is 0. The molecule has 0 atom stereocenters. The number of rotatable bonds is 6. The summed E-state index contributed by atoms with van der Waals surface area (Å²) in [6.07, 6.45) is 4.40. The van der Waals surface area contributed by atoms with Crippen molar-refractivity contribution < 1.29 is 13.9 Å². The highest BCUT2D eigenvalue weighted by Gasteiger charge is 2.14. The molecule has 7 nitrogen and oxygen atoms in total. The number of halogens is 1. The Morgan fingerprint density at radius 1 is 0.972 bits per heavy atom. The van der Waals surface area contributed by atoms with E-state index in [0.29, 0.717) is 44.9 Å². The van der Waals surface area contributed by atoms with E-state index in [2.05, 4.69) is 26.8 Å². The number of benzene rings is 3. The summed E-state index contributed by atoms with van der Waals surface area (Å²) in [6, 6.07) is 20.8. The van der Waals surface area contributed by atoms with Crippen LogP contribution in [0, 0.1) is 5.82 Å². The summed E-state index contributed by atoms with van der Waals surface area (Å²) in [5.74, 6) is 0.0351. The first-order chi connectivity index (χ1) is 17.5. The monoisotopic (exact) mass is 477 g/mol. The average Bonchev–Trinajstić information content (AvgIpc) is 2.89. The number of fused-ring (bicyclic) bond motifs is 1. The minimum absolute atomic E-state index is 0.120. The predicted octanol–water partition coefficient (Wildman–Crippen LogP) is 6.00. The largest absolute Gasteiger partial charge is 0.439 e. The zero-order chi connectivity index (χ0) is 25.1. The van der Waals surface area contributed by atoms with E-state index in [1.807, 2.05) is 12.1 Å². The Hall–Kier alpha value is -5.11. The number of amides is 1. The second kappa shape index (κ2) is 9.63. The first-order valence-electron chi connectivity index (χ1n) is 11.0. The Kier molecular flexibility index (Phi) is 6.07. The van der Waals surface area contributed by atoms with Crippen molar-refractivity contribution in [2.45, 2.75) is 0 Å². The van der Waals surface area contributed by atoms with Crippen LogP contribution in [0.5, 0.6) is 11.6 Å². The molecule has 3 N–H and O–H groups in total. The number of nitrogens with zero attached hydrogens (tertiary/aromatic N) is 3. The van der Waals surface area contributed by atoms with Crippen molar-refractivity contribution in [3.8, 4) is 33.9 Å². The molecule has 3 aromatic carbocycles. The zero-order valence-corrected chi connectivity index (χ0v) is 19.0. The minimum atomic E-state index is -0.461. The third kappa shape index (κ3) is 4.74. The predicted molar refractivity (Wildman–Crippen MR) is 138 cm³/mol. The van der Waals surface area contributed by atoms with Gasteiger partial charge in [0.05, 0.1) is 5.52 Å². The molecular formula is C28H20FN5O2. The normalized spacial score (nSPS) is 10.7. The standard InChI is InChI=1S/C28H20FN5O2/c1-2-25(35)33-20-7-5-6-17(13-20)23-14-18(12-19-16-32-28(30)34-27(19)23)22-10-9-21(15-24(22)29)36-26-8-3-4-11-31-26/h2-16H,1H2,(H,33,35)(H2,30,32,34). The molecule has 5 aromatic rings. The van der Waals surface area contributed by atoms with Gasteiger partial charge in [-0.05, 0) is 59.7 Å². The second-order valence-corrected chi connectivity index (χ2v) is 7.88. The molecule has 2 heterocycles. The van der Waals surface area contributed by atoms with Gasteiger partial charge in [-0.1, -0.05) is 24.8 Å². The number of nitrogens with two attached hydrogens (primary N) is 1. The number of nitrogens with one attached hydrogen (secondary N) is 1. The number of nitrogen functional groups attached to an aromatic ring is 1. The smallest absolute Gasteiger partial charge is 0.247 e. The molecule has 0 spiro atoms. The topological polar surface area (TPSA) is 103 Å². The molecular weight excluding hydrogens is 457 g/mol. The minimum Gasteiger partial charge on any atom is -0.439 e. The number of hydrogen-bond acceptors (Lipinski definition) is 6. The SMILES string of the molecule is C=CC(=O)Nc1cccc(-c2cc(-c3ccc(Oc4ccccn4)cc3F)cc3cnc(N)nc23)c1. The van der Waals surface area contributed by atoms with Gasteiger partial charge in [0.2, 0.25) is 17.7 Å². The summed E-state index contributed by atoms with van der Waals surface area (Å²) in [5.41, 5.74) is 9.52. The van der Waals surface area contributed by atoms with E-state index < -0.39 is 5.82 Å². The summed E-state index contributed by atoms with van der Waals surface area (Å²) in [4.78, 5) is 24.4. The maximum Gasteiger partial charge on any atom is 0.247 e. The van der Waals surface area contributed by atoms with Crippen molar-refractivity contribution >= 4 is 28.4 Å². The number of hydrogen-bond donors (Lipinski definition) is 2. The van der Waals surface area contributed by atoms with Gasteiger partial charge in [-0.2, -0.15) is 0 Å². The van der Waals surface area contributed by atoms with E-state index in [9.17, 15) is 4.79 Å². The molecule has 5 rings (SSSR count). The Morgan fingerprint density at radius 2 is 1.86 bits per heavy atom. The van der Waals surface area contributed by atoms with Crippen LogP contribution in [-0.2, 0) is 4.79 Å². The fraction of sp³-hybridized carbons (Fsp3) is 0. The molecule has 0 saturated carbocycles. The van der Waals surface area contributed by atoms with Crippen molar-refractivity contribution in [1.82, 2.24) is 15.0 Å². The molecule has 36 heavy (non-hydrogen) atoms. The van der Waals surface area contributed by atoms with Gasteiger partial charge in [0.1, 0.15) is 11.6 Å². The number of aromatic nitrogens is 3. The van der Waals surface area contributed by atoms with Gasteiger partial charge in [-0.3, -0.25) is 4.79 Å².